The highest BCUT2D eigenvalue weighted by Crippen LogP contribution is 2.41. The molecule has 23 heavy (non-hydrogen) atoms. The van der Waals surface area contributed by atoms with Gasteiger partial charge >= 0.3 is 0 Å². The highest BCUT2D eigenvalue weighted by molar-refractivity contribution is 7.13. The van der Waals surface area contributed by atoms with E-state index in [1.807, 2.05) is 29.5 Å². The van der Waals surface area contributed by atoms with Crippen LogP contribution in [0.2, 0.25) is 0 Å². The van der Waals surface area contributed by atoms with Crippen molar-refractivity contribution in [3.8, 4) is 16.3 Å². The highest BCUT2D eigenvalue weighted by Gasteiger charge is 2.21. The fourth-order valence-corrected chi connectivity index (χ4v) is 4.24. The standard InChI is InChI=1S/C20H15NOS/c1-2-4-14(5-3-1)13-22-17-6-7-18-16(10-17)11-19-20-15(8-9-23-20)12-21(18)19/h1-11H,12-13H2. The summed E-state index contributed by atoms with van der Waals surface area (Å²) in [6.07, 6.45) is 0. The molecular formula is C20H15NOS. The van der Waals surface area contributed by atoms with Crippen LogP contribution in [0.3, 0.4) is 0 Å². The molecular weight excluding hydrogens is 302 g/mol. The van der Waals surface area contributed by atoms with Crippen molar-refractivity contribution in [1.82, 2.24) is 4.57 Å². The molecule has 0 saturated carbocycles. The van der Waals surface area contributed by atoms with Crippen LogP contribution in [0.4, 0.5) is 0 Å². The number of nitrogens with zero attached hydrogens (tertiary/aromatic N) is 1. The average Bonchev–Trinajstić information content (AvgIpc) is 3.25. The van der Waals surface area contributed by atoms with Gasteiger partial charge in [-0.1, -0.05) is 30.3 Å². The molecule has 0 radical (unpaired) electrons. The maximum Gasteiger partial charge on any atom is 0.120 e. The molecule has 0 spiro atoms. The second-order valence-corrected chi connectivity index (χ2v) is 6.80. The van der Waals surface area contributed by atoms with Crippen molar-refractivity contribution < 1.29 is 4.74 Å². The van der Waals surface area contributed by atoms with Crippen molar-refractivity contribution in [3.05, 3.63) is 77.2 Å². The molecule has 4 aromatic rings. The predicted molar refractivity (Wildman–Crippen MR) is 95.1 cm³/mol. The Morgan fingerprint density at radius 2 is 1.91 bits per heavy atom. The van der Waals surface area contributed by atoms with Gasteiger partial charge < -0.3 is 9.30 Å². The van der Waals surface area contributed by atoms with Crippen LogP contribution in [0.25, 0.3) is 21.5 Å². The molecule has 1 aliphatic rings. The first kappa shape index (κ1) is 13.0. The van der Waals surface area contributed by atoms with Gasteiger partial charge in [0.05, 0.1) is 10.6 Å². The van der Waals surface area contributed by atoms with Crippen molar-refractivity contribution in [2.45, 2.75) is 13.2 Å². The first-order chi connectivity index (χ1) is 11.4. The summed E-state index contributed by atoms with van der Waals surface area (Å²) in [4.78, 5) is 1.41. The monoisotopic (exact) mass is 317 g/mol. The molecule has 3 heteroatoms. The van der Waals surface area contributed by atoms with Gasteiger partial charge in [-0.2, -0.15) is 0 Å². The summed E-state index contributed by atoms with van der Waals surface area (Å²) in [5.41, 5.74) is 5.26. The lowest BCUT2D eigenvalue weighted by Crippen LogP contribution is -1.95. The van der Waals surface area contributed by atoms with Crippen LogP contribution in [-0.2, 0) is 13.2 Å². The maximum atomic E-state index is 5.95. The molecule has 0 amide bonds. The lowest BCUT2D eigenvalue weighted by molar-refractivity contribution is 0.306. The Hall–Kier alpha value is -2.52. The highest BCUT2D eigenvalue weighted by atomic mass is 32.1. The number of ether oxygens (including phenoxy) is 1. The molecule has 0 aliphatic carbocycles. The Morgan fingerprint density at radius 3 is 2.83 bits per heavy atom. The van der Waals surface area contributed by atoms with E-state index in [-0.39, 0.29) is 0 Å². The van der Waals surface area contributed by atoms with Gasteiger partial charge in [0, 0.05) is 17.4 Å². The van der Waals surface area contributed by atoms with Crippen LogP contribution >= 0.6 is 11.3 Å². The van der Waals surface area contributed by atoms with Gasteiger partial charge in [-0.15, -0.1) is 11.3 Å². The van der Waals surface area contributed by atoms with E-state index in [9.17, 15) is 0 Å². The number of fused-ring (bicyclic) bond motifs is 5. The van der Waals surface area contributed by atoms with E-state index < -0.39 is 0 Å². The zero-order valence-electron chi connectivity index (χ0n) is 12.5. The number of thiophene rings is 1. The SMILES string of the molecule is c1ccc(COc2ccc3c(c2)cc2n3Cc3ccsc3-2)cc1. The molecule has 3 heterocycles. The van der Waals surface area contributed by atoms with Crippen LogP contribution < -0.4 is 4.74 Å². The first-order valence-electron chi connectivity index (χ1n) is 7.75. The summed E-state index contributed by atoms with van der Waals surface area (Å²) in [6.45, 7) is 1.59. The van der Waals surface area contributed by atoms with E-state index >= 15 is 0 Å². The minimum absolute atomic E-state index is 0.606. The van der Waals surface area contributed by atoms with Crippen LogP contribution in [0.1, 0.15) is 11.1 Å². The minimum Gasteiger partial charge on any atom is -0.489 e. The zero-order valence-corrected chi connectivity index (χ0v) is 13.3. The van der Waals surface area contributed by atoms with Crippen molar-refractivity contribution >= 4 is 22.2 Å². The van der Waals surface area contributed by atoms with Gasteiger partial charge in [-0.05, 0) is 46.8 Å². The third-order valence-corrected chi connectivity index (χ3v) is 5.41. The van der Waals surface area contributed by atoms with Crippen molar-refractivity contribution in [3.63, 3.8) is 0 Å². The van der Waals surface area contributed by atoms with Crippen molar-refractivity contribution in [2.24, 2.45) is 0 Å². The zero-order chi connectivity index (χ0) is 15.2. The number of aromatic nitrogens is 1. The Kier molecular flexibility index (Phi) is 2.82. The Labute approximate surface area is 138 Å². The maximum absolute atomic E-state index is 5.95. The van der Waals surface area contributed by atoms with Crippen LogP contribution in [0, 0.1) is 0 Å². The van der Waals surface area contributed by atoms with Gasteiger partial charge in [0.15, 0.2) is 0 Å². The number of hydrogen-bond donors (Lipinski definition) is 0. The molecule has 0 fully saturated rings. The van der Waals surface area contributed by atoms with Gasteiger partial charge in [0.1, 0.15) is 12.4 Å². The molecule has 0 saturated heterocycles. The molecule has 2 nitrogen and oxygen atoms in total. The normalized spacial score (nSPS) is 12.3. The van der Waals surface area contributed by atoms with Crippen LogP contribution in [0.15, 0.2) is 66.0 Å². The summed E-state index contributed by atoms with van der Waals surface area (Å²) >= 11 is 1.83. The van der Waals surface area contributed by atoms with E-state index in [4.69, 9.17) is 4.74 Å². The molecule has 2 aromatic carbocycles. The molecule has 0 bridgehead atoms. The lowest BCUT2D eigenvalue weighted by Gasteiger charge is -2.07. The van der Waals surface area contributed by atoms with E-state index in [2.05, 4.69) is 52.4 Å². The molecule has 0 atom stereocenters. The Morgan fingerprint density at radius 1 is 1.00 bits per heavy atom. The lowest BCUT2D eigenvalue weighted by atomic mass is 10.2. The minimum atomic E-state index is 0.606. The van der Waals surface area contributed by atoms with E-state index in [1.165, 1.54) is 32.6 Å². The predicted octanol–water partition coefficient (Wildman–Crippen LogP) is 5.31. The Bertz CT molecular complexity index is 997. The molecule has 5 rings (SSSR count). The average molecular weight is 317 g/mol. The van der Waals surface area contributed by atoms with E-state index in [0.717, 1.165) is 12.3 Å². The molecule has 112 valence electrons. The Balaban J connectivity index is 1.47. The fourth-order valence-electron chi connectivity index (χ4n) is 3.29. The quantitative estimate of drug-likeness (QED) is 0.440. The number of rotatable bonds is 3. The van der Waals surface area contributed by atoms with Gasteiger partial charge in [-0.3, -0.25) is 0 Å². The smallest absolute Gasteiger partial charge is 0.120 e. The third kappa shape index (κ3) is 2.08. The van der Waals surface area contributed by atoms with Crippen molar-refractivity contribution in [2.75, 3.05) is 0 Å². The van der Waals surface area contributed by atoms with Gasteiger partial charge in [0.25, 0.3) is 0 Å². The molecule has 0 N–H and O–H groups in total. The van der Waals surface area contributed by atoms with Crippen molar-refractivity contribution in [1.29, 1.82) is 0 Å². The summed E-state index contributed by atoms with van der Waals surface area (Å²) in [6, 6.07) is 21.2. The molecule has 1 aliphatic heterocycles. The summed E-state index contributed by atoms with van der Waals surface area (Å²) in [5.74, 6) is 0.928. The summed E-state index contributed by atoms with van der Waals surface area (Å²) in [5, 5.41) is 3.44. The molecule has 2 aromatic heterocycles. The number of hydrogen-bond acceptors (Lipinski definition) is 2. The second kappa shape index (κ2) is 5.00. The van der Waals surface area contributed by atoms with Crippen LogP contribution in [-0.4, -0.2) is 4.57 Å². The summed E-state index contributed by atoms with van der Waals surface area (Å²) in [7, 11) is 0. The third-order valence-electron chi connectivity index (χ3n) is 4.43. The fraction of sp³-hybridized carbons (Fsp3) is 0.100. The topological polar surface area (TPSA) is 14.2 Å². The second-order valence-electron chi connectivity index (χ2n) is 5.89. The van der Waals surface area contributed by atoms with E-state index in [0.29, 0.717) is 6.61 Å². The van der Waals surface area contributed by atoms with Gasteiger partial charge in [0.2, 0.25) is 0 Å². The molecule has 0 unspecified atom stereocenters. The van der Waals surface area contributed by atoms with E-state index in [1.54, 1.807) is 0 Å². The summed E-state index contributed by atoms with van der Waals surface area (Å²) < 4.78 is 8.35. The van der Waals surface area contributed by atoms with Gasteiger partial charge in [-0.25, -0.2) is 0 Å². The first-order valence-corrected chi connectivity index (χ1v) is 8.63. The largest absolute Gasteiger partial charge is 0.489 e. The van der Waals surface area contributed by atoms with Crippen LogP contribution in [0.5, 0.6) is 5.75 Å². The number of benzene rings is 2.